The number of aromatic nitrogens is 1. The lowest BCUT2D eigenvalue weighted by molar-refractivity contribution is 0.360. The van der Waals surface area contributed by atoms with Crippen molar-refractivity contribution in [3.63, 3.8) is 0 Å². The van der Waals surface area contributed by atoms with Crippen LogP contribution in [-0.2, 0) is 0 Å². The summed E-state index contributed by atoms with van der Waals surface area (Å²) >= 11 is 1.39. The molecule has 0 spiro atoms. The molecular formula is C12H11F2N3OS. The molecule has 19 heavy (non-hydrogen) atoms. The Kier molecular flexibility index (Phi) is 4.06. The fraction of sp³-hybridized carbons (Fsp3) is 0.167. The van der Waals surface area contributed by atoms with E-state index in [1.54, 1.807) is 0 Å². The number of rotatable bonds is 4. The fourth-order valence-corrected chi connectivity index (χ4v) is 2.05. The molecule has 1 aromatic heterocycles. The van der Waals surface area contributed by atoms with E-state index in [0.717, 1.165) is 17.8 Å². The van der Waals surface area contributed by atoms with Crippen LogP contribution in [0.25, 0.3) is 0 Å². The van der Waals surface area contributed by atoms with Crippen LogP contribution in [0.15, 0.2) is 22.6 Å². The second-order valence-corrected chi connectivity index (χ2v) is 4.54. The van der Waals surface area contributed by atoms with Crippen molar-refractivity contribution in [1.82, 2.24) is 4.98 Å². The minimum absolute atomic E-state index is 0.288. The van der Waals surface area contributed by atoms with Crippen molar-refractivity contribution < 1.29 is 13.5 Å². The summed E-state index contributed by atoms with van der Waals surface area (Å²) in [6.45, 7) is 1.86. The summed E-state index contributed by atoms with van der Waals surface area (Å²) in [6.07, 6.45) is 1.31. The van der Waals surface area contributed by atoms with E-state index in [-0.39, 0.29) is 5.56 Å². The van der Waals surface area contributed by atoms with Crippen molar-refractivity contribution in [2.24, 2.45) is 5.10 Å². The molecule has 0 radical (unpaired) electrons. The van der Waals surface area contributed by atoms with Gasteiger partial charge in [0.15, 0.2) is 17.4 Å². The SMILES string of the molecule is COc1c(F)cc(C=NNc2nc(C)cs2)cc1F. The number of benzene rings is 1. The van der Waals surface area contributed by atoms with Gasteiger partial charge in [-0.15, -0.1) is 11.3 Å². The van der Waals surface area contributed by atoms with E-state index in [9.17, 15) is 8.78 Å². The molecule has 1 N–H and O–H groups in total. The number of aryl methyl sites for hydroxylation is 1. The van der Waals surface area contributed by atoms with Gasteiger partial charge in [-0.25, -0.2) is 13.8 Å². The van der Waals surface area contributed by atoms with Gasteiger partial charge >= 0.3 is 0 Å². The van der Waals surface area contributed by atoms with Crippen LogP contribution in [0.5, 0.6) is 5.75 Å². The van der Waals surface area contributed by atoms with Crippen LogP contribution in [0.2, 0.25) is 0 Å². The lowest BCUT2D eigenvalue weighted by atomic mass is 10.2. The number of nitrogens with zero attached hydrogens (tertiary/aromatic N) is 2. The number of nitrogens with one attached hydrogen (secondary N) is 1. The third-order valence-electron chi connectivity index (χ3n) is 2.22. The van der Waals surface area contributed by atoms with Gasteiger partial charge in [-0.3, -0.25) is 5.43 Å². The Morgan fingerprint density at radius 2 is 2.05 bits per heavy atom. The summed E-state index contributed by atoms with van der Waals surface area (Å²) in [5.41, 5.74) is 3.85. The standard InChI is InChI=1S/C12H11F2N3OS/c1-7-6-19-12(16-7)17-15-5-8-3-9(13)11(18-2)10(14)4-8/h3-6H,1-2H3,(H,16,17). The molecule has 0 fully saturated rings. The number of ether oxygens (including phenoxy) is 1. The first-order valence-electron chi connectivity index (χ1n) is 5.34. The summed E-state index contributed by atoms with van der Waals surface area (Å²) in [4.78, 5) is 4.13. The molecule has 2 rings (SSSR count). The van der Waals surface area contributed by atoms with E-state index in [0.29, 0.717) is 5.13 Å². The Labute approximate surface area is 112 Å². The van der Waals surface area contributed by atoms with Gasteiger partial charge in [0.1, 0.15) is 0 Å². The minimum atomic E-state index is -0.769. The maximum absolute atomic E-state index is 13.4. The van der Waals surface area contributed by atoms with Gasteiger partial charge in [0, 0.05) is 10.9 Å². The molecule has 1 aromatic carbocycles. The summed E-state index contributed by atoms with van der Waals surface area (Å²) in [7, 11) is 1.21. The number of hydrogen-bond donors (Lipinski definition) is 1. The third kappa shape index (κ3) is 3.25. The average molecular weight is 283 g/mol. The highest BCUT2D eigenvalue weighted by Gasteiger charge is 2.10. The highest BCUT2D eigenvalue weighted by atomic mass is 32.1. The zero-order chi connectivity index (χ0) is 13.8. The van der Waals surface area contributed by atoms with Crippen molar-refractivity contribution >= 4 is 22.7 Å². The van der Waals surface area contributed by atoms with Crippen LogP contribution in [0.1, 0.15) is 11.3 Å². The second kappa shape index (κ2) is 5.75. The van der Waals surface area contributed by atoms with E-state index in [1.807, 2.05) is 12.3 Å². The van der Waals surface area contributed by atoms with Crippen molar-refractivity contribution in [3.05, 3.63) is 40.4 Å². The van der Waals surface area contributed by atoms with Gasteiger partial charge in [-0.05, 0) is 19.1 Å². The van der Waals surface area contributed by atoms with Crippen LogP contribution in [0.3, 0.4) is 0 Å². The average Bonchev–Trinajstić information content (AvgIpc) is 2.75. The molecule has 0 saturated heterocycles. The molecule has 1 heterocycles. The van der Waals surface area contributed by atoms with Crippen LogP contribution >= 0.6 is 11.3 Å². The minimum Gasteiger partial charge on any atom is -0.491 e. The van der Waals surface area contributed by atoms with Crippen LogP contribution in [-0.4, -0.2) is 18.3 Å². The highest BCUT2D eigenvalue weighted by Crippen LogP contribution is 2.22. The van der Waals surface area contributed by atoms with Gasteiger partial charge in [0.2, 0.25) is 5.13 Å². The molecule has 0 saturated carbocycles. The largest absolute Gasteiger partial charge is 0.491 e. The molecule has 2 aromatic rings. The summed E-state index contributed by atoms with van der Waals surface area (Å²) < 4.78 is 31.4. The first kappa shape index (κ1) is 13.4. The molecule has 0 aliphatic rings. The molecule has 0 aliphatic heterocycles. The zero-order valence-electron chi connectivity index (χ0n) is 10.3. The van der Waals surface area contributed by atoms with E-state index in [1.165, 1.54) is 24.7 Å². The smallest absolute Gasteiger partial charge is 0.203 e. The lowest BCUT2D eigenvalue weighted by Gasteiger charge is -2.03. The van der Waals surface area contributed by atoms with Gasteiger partial charge < -0.3 is 4.74 Å². The van der Waals surface area contributed by atoms with Crippen molar-refractivity contribution in [2.45, 2.75) is 6.92 Å². The second-order valence-electron chi connectivity index (χ2n) is 3.68. The molecule has 0 unspecified atom stereocenters. The molecule has 0 atom stereocenters. The lowest BCUT2D eigenvalue weighted by Crippen LogP contribution is -1.96. The van der Waals surface area contributed by atoms with Gasteiger partial charge in [0.25, 0.3) is 0 Å². The Morgan fingerprint density at radius 3 is 2.58 bits per heavy atom. The predicted molar refractivity (Wildman–Crippen MR) is 71.0 cm³/mol. The number of halogens is 2. The van der Waals surface area contributed by atoms with E-state index in [4.69, 9.17) is 0 Å². The fourth-order valence-electron chi connectivity index (χ4n) is 1.42. The number of methoxy groups -OCH3 is 1. The summed E-state index contributed by atoms with van der Waals surface area (Å²) in [5.74, 6) is -1.94. The zero-order valence-corrected chi connectivity index (χ0v) is 11.1. The number of hydrazone groups is 1. The molecular weight excluding hydrogens is 272 g/mol. The van der Waals surface area contributed by atoms with Crippen molar-refractivity contribution in [1.29, 1.82) is 0 Å². The number of anilines is 1. The predicted octanol–water partition coefficient (Wildman–Crippen LogP) is 3.18. The Hall–Kier alpha value is -2.02. The van der Waals surface area contributed by atoms with Gasteiger partial charge in [-0.1, -0.05) is 0 Å². The monoisotopic (exact) mass is 283 g/mol. The number of hydrogen-bond acceptors (Lipinski definition) is 5. The topological polar surface area (TPSA) is 46.5 Å². The van der Waals surface area contributed by atoms with Gasteiger partial charge in [-0.2, -0.15) is 5.10 Å². The van der Waals surface area contributed by atoms with Crippen LogP contribution < -0.4 is 10.2 Å². The normalized spacial score (nSPS) is 10.9. The Bertz CT molecular complexity index is 590. The Balaban J connectivity index is 2.11. The van der Waals surface area contributed by atoms with Crippen LogP contribution in [0.4, 0.5) is 13.9 Å². The quantitative estimate of drug-likeness (QED) is 0.692. The van der Waals surface area contributed by atoms with E-state index in [2.05, 4.69) is 20.2 Å². The molecule has 0 bridgehead atoms. The van der Waals surface area contributed by atoms with Crippen molar-refractivity contribution in [2.75, 3.05) is 12.5 Å². The molecule has 0 amide bonds. The first-order chi connectivity index (χ1) is 9.10. The molecule has 0 aliphatic carbocycles. The van der Waals surface area contributed by atoms with E-state index >= 15 is 0 Å². The van der Waals surface area contributed by atoms with Crippen LogP contribution in [0, 0.1) is 18.6 Å². The third-order valence-corrected chi connectivity index (χ3v) is 3.08. The van der Waals surface area contributed by atoms with Crippen molar-refractivity contribution in [3.8, 4) is 5.75 Å². The molecule has 100 valence electrons. The maximum Gasteiger partial charge on any atom is 0.203 e. The summed E-state index contributed by atoms with van der Waals surface area (Å²) in [5, 5.41) is 6.34. The molecule has 4 nitrogen and oxygen atoms in total. The summed E-state index contributed by atoms with van der Waals surface area (Å²) in [6, 6.07) is 2.28. The Morgan fingerprint density at radius 1 is 1.37 bits per heavy atom. The number of thiazole rings is 1. The maximum atomic E-state index is 13.4. The van der Waals surface area contributed by atoms with Gasteiger partial charge in [0.05, 0.1) is 19.0 Å². The first-order valence-corrected chi connectivity index (χ1v) is 6.22. The molecule has 7 heteroatoms. The van der Waals surface area contributed by atoms with E-state index < -0.39 is 17.4 Å². The highest BCUT2D eigenvalue weighted by molar-refractivity contribution is 7.13.